The van der Waals surface area contributed by atoms with Crippen LogP contribution in [0.25, 0.3) is 0 Å². The Morgan fingerprint density at radius 3 is 2.82 bits per heavy atom. The molecule has 1 aliphatic carbocycles. The van der Waals surface area contributed by atoms with E-state index in [0.29, 0.717) is 0 Å². The number of thioether (sulfide) groups is 1. The minimum atomic E-state index is -0.160. The summed E-state index contributed by atoms with van der Waals surface area (Å²) in [6.45, 7) is 0. The molecular weight excluding hydrogens is 254 g/mol. The molecule has 2 aliphatic rings. The third-order valence-electron chi connectivity index (χ3n) is 3.75. The smallest absolute Gasteiger partial charge is 0.231 e. The lowest BCUT2D eigenvalue weighted by Crippen LogP contribution is -2.34. The Labute approximate surface area is 110 Å². The molecule has 1 fully saturated rings. The summed E-state index contributed by atoms with van der Waals surface area (Å²) in [5, 5.41) is 3.79. The first-order chi connectivity index (χ1) is 8.21. The van der Waals surface area contributed by atoms with E-state index < -0.39 is 0 Å². The first kappa shape index (κ1) is 11.4. The standard InChI is InChI=1S/C13H14ClNOS/c14-9-4-3-5-10-11(9)17-8-13(12(16)15-10)6-1-2-7-13/h3-5H,1-2,6-8H2,(H,15,16). The van der Waals surface area contributed by atoms with Crippen LogP contribution in [0.15, 0.2) is 23.1 Å². The van der Waals surface area contributed by atoms with Crippen LogP contribution >= 0.6 is 23.4 Å². The molecule has 0 atom stereocenters. The quantitative estimate of drug-likeness (QED) is 0.771. The van der Waals surface area contributed by atoms with Crippen LogP contribution in [0.3, 0.4) is 0 Å². The van der Waals surface area contributed by atoms with Crippen molar-refractivity contribution in [3.05, 3.63) is 23.2 Å². The molecule has 90 valence electrons. The summed E-state index contributed by atoms with van der Waals surface area (Å²) >= 11 is 7.91. The molecule has 2 nitrogen and oxygen atoms in total. The van der Waals surface area contributed by atoms with Gasteiger partial charge in [0.05, 0.1) is 16.1 Å². The minimum absolute atomic E-state index is 0.160. The van der Waals surface area contributed by atoms with E-state index in [1.807, 2.05) is 18.2 Å². The van der Waals surface area contributed by atoms with Gasteiger partial charge in [-0.1, -0.05) is 30.5 Å². The maximum atomic E-state index is 12.3. The van der Waals surface area contributed by atoms with Crippen molar-refractivity contribution in [2.24, 2.45) is 5.41 Å². The number of amides is 1. The minimum Gasteiger partial charge on any atom is -0.325 e. The summed E-state index contributed by atoms with van der Waals surface area (Å²) in [4.78, 5) is 13.4. The number of carbonyl (C=O) groups is 1. The molecule has 1 aromatic rings. The van der Waals surface area contributed by atoms with Crippen LogP contribution in [-0.2, 0) is 4.79 Å². The summed E-state index contributed by atoms with van der Waals surface area (Å²) in [6, 6.07) is 5.70. The number of fused-ring (bicyclic) bond motifs is 1. The van der Waals surface area contributed by atoms with E-state index in [9.17, 15) is 4.79 Å². The van der Waals surface area contributed by atoms with Gasteiger partial charge in [-0.3, -0.25) is 4.79 Å². The van der Waals surface area contributed by atoms with Gasteiger partial charge in [-0.25, -0.2) is 0 Å². The molecule has 17 heavy (non-hydrogen) atoms. The second-order valence-electron chi connectivity index (χ2n) is 4.85. The van der Waals surface area contributed by atoms with E-state index >= 15 is 0 Å². The molecule has 0 aromatic heterocycles. The summed E-state index contributed by atoms with van der Waals surface area (Å²) in [7, 11) is 0. The van der Waals surface area contributed by atoms with Crippen molar-refractivity contribution >= 4 is 35.0 Å². The first-order valence-electron chi connectivity index (χ1n) is 5.94. The molecule has 4 heteroatoms. The Morgan fingerprint density at radius 1 is 1.29 bits per heavy atom. The monoisotopic (exact) mass is 267 g/mol. The highest BCUT2D eigenvalue weighted by atomic mass is 35.5. The van der Waals surface area contributed by atoms with Crippen LogP contribution in [0.4, 0.5) is 5.69 Å². The van der Waals surface area contributed by atoms with Gasteiger partial charge in [0.2, 0.25) is 5.91 Å². The van der Waals surface area contributed by atoms with Crippen molar-refractivity contribution in [1.82, 2.24) is 0 Å². The fourth-order valence-electron chi connectivity index (χ4n) is 2.71. The third-order valence-corrected chi connectivity index (χ3v) is 5.60. The van der Waals surface area contributed by atoms with Gasteiger partial charge in [-0.05, 0) is 25.0 Å². The van der Waals surface area contributed by atoms with Gasteiger partial charge >= 0.3 is 0 Å². The number of hydrogen-bond acceptors (Lipinski definition) is 2. The maximum Gasteiger partial charge on any atom is 0.231 e. The lowest BCUT2D eigenvalue weighted by molar-refractivity contribution is -0.124. The Kier molecular flexibility index (Phi) is 2.83. The summed E-state index contributed by atoms with van der Waals surface area (Å²) in [6.07, 6.45) is 4.35. The van der Waals surface area contributed by atoms with Gasteiger partial charge in [-0.15, -0.1) is 11.8 Å². The van der Waals surface area contributed by atoms with E-state index in [0.717, 1.165) is 47.0 Å². The van der Waals surface area contributed by atoms with Gasteiger partial charge in [0.25, 0.3) is 0 Å². The number of anilines is 1. The first-order valence-corrected chi connectivity index (χ1v) is 7.30. The molecule has 0 bridgehead atoms. The maximum absolute atomic E-state index is 12.3. The van der Waals surface area contributed by atoms with Crippen molar-refractivity contribution in [2.75, 3.05) is 11.1 Å². The Balaban J connectivity index is 1.99. The van der Waals surface area contributed by atoms with Crippen molar-refractivity contribution in [2.45, 2.75) is 30.6 Å². The topological polar surface area (TPSA) is 29.1 Å². The van der Waals surface area contributed by atoms with Gasteiger partial charge in [-0.2, -0.15) is 0 Å². The van der Waals surface area contributed by atoms with Crippen LogP contribution in [-0.4, -0.2) is 11.7 Å². The van der Waals surface area contributed by atoms with Gasteiger partial charge < -0.3 is 5.32 Å². The van der Waals surface area contributed by atoms with Crippen LogP contribution in [0, 0.1) is 5.41 Å². The van der Waals surface area contributed by atoms with E-state index in [2.05, 4.69) is 5.32 Å². The molecular formula is C13H14ClNOS. The molecule has 0 saturated heterocycles. The lowest BCUT2D eigenvalue weighted by atomic mass is 9.87. The molecule has 1 amide bonds. The predicted octanol–water partition coefficient (Wildman–Crippen LogP) is 3.94. The molecule has 0 radical (unpaired) electrons. The number of benzene rings is 1. The van der Waals surface area contributed by atoms with Crippen LogP contribution < -0.4 is 5.32 Å². The molecule has 1 aromatic carbocycles. The summed E-state index contributed by atoms with van der Waals surface area (Å²) in [5.74, 6) is 1.04. The average molecular weight is 268 g/mol. The predicted molar refractivity (Wildman–Crippen MR) is 71.7 cm³/mol. The fraction of sp³-hybridized carbons (Fsp3) is 0.462. The summed E-state index contributed by atoms with van der Waals surface area (Å²) in [5.41, 5.74) is 0.712. The molecule has 1 aliphatic heterocycles. The number of rotatable bonds is 0. The summed E-state index contributed by atoms with van der Waals surface area (Å²) < 4.78 is 0. The van der Waals surface area contributed by atoms with Crippen molar-refractivity contribution in [3.63, 3.8) is 0 Å². The van der Waals surface area contributed by atoms with Crippen LogP contribution in [0.1, 0.15) is 25.7 Å². The van der Waals surface area contributed by atoms with E-state index in [-0.39, 0.29) is 11.3 Å². The second kappa shape index (κ2) is 4.21. The van der Waals surface area contributed by atoms with E-state index in [4.69, 9.17) is 11.6 Å². The second-order valence-corrected chi connectivity index (χ2v) is 6.24. The van der Waals surface area contributed by atoms with E-state index in [1.54, 1.807) is 11.8 Å². The van der Waals surface area contributed by atoms with Crippen LogP contribution in [0.5, 0.6) is 0 Å². The third kappa shape index (κ3) is 1.85. The van der Waals surface area contributed by atoms with Crippen molar-refractivity contribution in [3.8, 4) is 0 Å². The molecule has 3 rings (SSSR count). The van der Waals surface area contributed by atoms with Crippen molar-refractivity contribution < 1.29 is 4.79 Å². The lowest BCUT2D eigenvalue weighted by Gasteiger charge is -2.24. The van der Waals surface area contributed by atoms with Gasteiger partial charge in [0, 0.05) is 10.6 Å². The fourth-order valence-corrected chi connectivity index (χ4v) is 4.37. The Morgan fingerprint density at radius 2 is 2.06 bits per heavy atom. The zero-order valence-electron chi connectivity index (χ0n) is 9.46. The Bertz CT molecular complexity index is 468. The number of nitrogens with one attached hydrogen (secondary N) is 1. The molecule has 0 unspecified atom stereocenters. The Hall–Kier alpha value is -0.670. The molecule has 1 saturated carbocycles. The largest absolute Gasteiger partial charge is 0.325 e. The number of halogens is 1. The van der Waals surface area contributed by atoms with E-state index in [1.165, 1.54) is 0 Å². The molecule has 1 N–H and O–H groups in total. The highest BCUT2D eigenvalue weighted by Gasteiger charge is 2.43. The number of carbonyl (C=O) groups excluding carboxylic acids is 1. The van der Waals surface area contributed by atoms with Crippen molar-refractivity contribution in [1.29, 1.82) is 0 Å². The highest BCUT2D eigenvalue weighted by Crippen LogP contribution is 2.48. The SMILES string of the molecule is O=C1Nc2cccc(Cl)c2SCC12CCCC2. The average Bonchev–Trinajstić information content (AvgIpc) is 2.72. The molecule has 1 spiro atoms. The highest BCUT2D eigenvalue weighted by molar-refractivity contribution is 7.99. The zero-order valence-corrected chi connectivity index (χ0v) is 11.0. The number of hydrogen-bond donors (Lipinski definition) is 1. The van der Waals surface area contributed by atoms with Gasteiger partial charge in [0.1, 0.15) is 0 Å². The zero-order chi connectivity index (χ0) is 11.9. The molecule has 1 heterocycles. The van der Waals surface area contributed by atoms with Gasteiger partial charge in [0.15, 0.2) is 0 Å². The normalized spacial score (nSPS) is 22.1. The van der Waals surface area contributed by atoms with Crippen LogP contribution in [0.2, 0.25) is 5.02 Å².